The van der Waals surface area contributed by atoms with Gasteiger partial charge in [0.05, 0.1) is 13.5 Å². The van der Waals surface area contributed by atoms with Crippen molar-refractivity contribution in [3.63, 3.8) is 0 Å². The van der Waals surface area contributed by atoms with E-state index >= 15 is 0 Å². The molecule has 1 aromatic carbocycles. The molecule has 5 rings (SSSR count). The summed E-state index contributed by atoms with van der Waals surface area (Å²) in [6, 6.07) is 11.8. The van der Waals surface area contributed by atoms with E-state index in [2.05, 4.69) is 34.1 Å². The Labute approximate surface area is 201 Å². The molecule has 2 bridgehead atoms. The third kappa shape index (κ3) is 5.11. The van der Waals surface area contributed by atoms with Gasteiger partial charge in [-0.1, -0.05) is 69.6 Å². The van der Waals surface area contributed by atoms with Crippen LogP contribution in [0.3, 0.4) is 0 Å². The third-order valence-electron chi connectivity index (χ3n) is 9.19. The number of para-hydroxylation sites is 1. The number of piperidine rings is 2. The van der Waals surface area contributed by atoms with Crippen LogP contribution in [0.2, 0.25) is 0 Å². The van der Waals surface area contributed by atoms with Crippen LogP contribution in [-0.4, -0.2) is 48.7 Å². The summed E-state index contributed by atoms with van der Waals surface area (Å²) in [7, 11) is 1.51. The van der Waals surface area contributed by atoms with E-state index in [-0.39, 0.29) is 11.9 Å². The highest BCUT2D eigenvalue weighted by molar-refractivity contribution is 5.73. The zero-order chi connectivity index (χ0) is 22.6. The van der Waals surface area contributed by atoms with Gasteiger partial charge in [0, 0.05) is 42.3 Å². The molecule has 3 heterocycles. The number of rotatable bonds is 4. The van der Waals surface area contributed by atoms with Crippen LogP contribution in [0.15, 0.2) is 24.3 Å². The number of esters is 1. The SMILES string of the molecule is COC(=O)CC1CN(C2CC3CCCC(C2)N3C2CCCCCCCCC2)c2ccccc21. The number of ether oxygens (including phenoxy) is 1. The smallest absolute Gasteiger partial charge is 0.306 e. The fourth-order valence-corrected chi connectivity index (χ4v) is 7.66. The van der Waals surface area contributed by atoms with E-state index in [1.807, 2.05) is 0 Å². The molecule has 4 aliphatic rings. The molecule has 4 heteroatoms. The minimum Gasteiger partial charge on any atom is -0.469 e. The number of hydrogen-bond acceptors (Lipinski definition) is 4. The van der Waals surface area contributed by atoms with E-state index in [0.29, 0.717) is 12.5 Å². The maximum absolute atomic E-state index is 12.1. The van der Waals surface area contributed by atoms with Gasteiger partial charge in [0.2, 0.25) is 0 Å². The summed E-state index contributed by atoms with van der Waals surface area (Å²) < 4.78 is 5.02. The highest BCUT2D eigenvalue weighted by Gasteiger charge is 2.44. The number of nitrogens with zero attached hydrogens (tertiary/aromatic N) is 2. The van der Waals surface area contributed by atoms with E-state index in [9.17, 15) is 4.79 Å². The average molecular weight is 453 g/mol. The second kappa shape index (κ2) is 10.8. The van der Waals surface area contributed by atoms with Crippen molar-refractivity contribution in [2.75, 3.05) is 18.6 Å². The Kier molecular flexibility index (Phi) is 7.59. The molecular formula is C29H44N2O2. The highest BCUT2D eigenvalue weighted by atomic mass is 16.5. The maximum atomic E-state index is 12.1. The Bertz CT molecular complexity index is 772. The minimum atomic E-state index is -0.0839. The van der Waals surface area contributed by atoms with Crippen LogP contribution in [0.4, 0.5) is 5.69 Å². The van der Waals surface area contributed by atoms with Gasteiger partial charge in [-0.05, 0) is 50.2 Å². The summed E-state index contributed by atoms with van der Waals surface area (Å²) in [5.41, 5.74) is 2.73. The van der Waals surface area contributed by atoms with Gasteiger partial charge < -0.3 is 9.64 Å². The van der Waals surface area contributed by atoms with Crippen LogP contribution in [0, 0.1) is 0 Å². The lowest BCUT2D eigenvalue weighted by molar-refractivity contribution is -0.141. The van der Waals surface area contributed by atoms with Gasteiger partial charge in [-0.3, -0.25) is 9.69 Å². The highest BCUT2D eigenvalue weighted by Crippen LogP contribution is 2.45. The second-order valence-electron chi connectivity index (χ2n) is 11.2. The number of anilines is 1. The van der Waals surface area contributed by atoms with Gasteiger partial charge in [-0.25, -0.2) is 0 Å². The topological polar surface area (TPSA) is 32.8 Å². The first kappa shape index (κ1) is 23.2. The van der Waals surface area contributed by atoms with E-state index in [1.54, 1.807) is 0 Å². The minimum absolute atomic E-state index is 0.0839. The van der Waals surface area contributed by atoms with Gasteiger partial charge in [0.25, 0.3) is 0 Å². The zero-order valence-corrected chi connectivity index (χ0v) is 20.7. The molecular weight excluding hydrogens is 408 g/mol. The summed E-state index contributed by atoms with van der Waals surface area (Å²) >= 11 is 0. The van der Waals surface area contributed by atoms with Gasteiger partial charge in [0.1, 0.15) is 0 Å². The molecule has 3 aliphatic heterocycles. The summed E-state index contributed by atoms with van der Waals surface area (Å²) in [5, 5.41) is 0. The summed E-state index contributed by atoms with van der Waals surface area (Å²) in [5.74, 6) is 0.184. The average Bonchev–Trinajstić information content (AvgIpc) is 3.20. The zero-order valence-electron chi connectivity index (χ0n) is 20.7. The normalized spacial score (nSPS) is 31.7. The molecule has 0 aromatic heterocycles. The number of methoxy groups -OCH3 is 1. The molecule has 2 saturated heterocycles. The van der Waals surface area contributed by atoms with E-state index in [4.69, 9.17) is 4.74 Å². The number of benzene rings is 1. The molecule has 33 heavy (non-hydrogen) atoms. The monoisotopic (exact) mass is 452 g/mol. The van der Waals surface area contributed by atoms with Gasteiger partial charge in [-0.15, -0.1) is 0 Å². The Balaban J connectivity index is 1.31. The number of hydrogen-bond donors (Lipinski definition) is 0. The fraction of sp³-hybridized carbons (Fsp3) is 0.759. The molecule has 1 aromatic rings. The molecule has 3 atom stereocenters. The van der Waals surface area contributed by atoms with Crippen LogP contribution in [0.5, 0.6) is 0 Å². The first-order valence-corrected chi connectivity index (χ1v) is 13.9. The Morgan fingerprint density at radius 2 is 1.42 bits per heavy atom. The van der Waals surface area contributed by atoms with Crippen molar-refractivity contribution >= 4 is 11.7 Å². The summed E-state index contributed by atoms with van der Waals surface area (Å²) in [6.45, 7) is 0.974. The van der Waals surface area contributed by atoms with E-state index in [1.165, 1.54) is 108 Å². The van der Waals surface area contributed by atoms with Crippen LogP contribution in [0.25, 0.3) is 0 Å². The van der Waals surface area contributed by atoms with Crippen molar-refractivity contribution in [2.45, 2.75) is 126 Å². The predicted octanol–water partition coefficient (Wildman–Crippen LogP) is 6.43. The lowest BCUT2D eigenvalue weighted by atomic mass is 9.78. The van der Waals surface area contributed by atoms with Gasteiger partial charge in [0.15, 0.2) is 0 Å². The molecule has 3 fully saturated rings. The molecule has 0 radical (unpaired) electrons. The Morgan fingerprint density at radius 3 is 2.09 bits per heavy atom. The van der Waals surface area contributed by atoms with Gasteiger partial charge in [-0.2, -0.15) is 0 Å². The van der Waals surface area contributed by atoms with Crippen LogP contribution >= 0.6 is 0 Å². The molecule has 1 saturated carbocycles. The Hall–Kier alpha value is -1.55. The van der Waals surface area contributed by atoms with Crippen LogP contribution in [0.1, 0.15) is 108 Å². The predicted molar refractivity (Wildman–Crippen MR) is 135 cm³/mol. The first-order valence-electron chi connectivity index (χ1n) is 13.9. The molecule has 3 unspecified atom stereocenters. The van der Waals surface area contributed by atoms with Gasteiger partial charge >= 0.3 is 5.97 Å². The molecule has 182 valence electrons. The van der Waals surface area contributed by atoms with Crippen molar-refractivity contribution in [3.05, 3.63) is 29.8 Å². The first-order chi connectivity index (χ1) is 16.2. The number of carbonyl (C=O) groups excluding carboxylic acids is 1. The molecule has 0 N–H and O–H groups in total. The maximum Gasteiger partial charge on any atom is 0.306 e. The van der Waals surface area contributed by atoms with Crippen molar-refractivity contribution in [3.8, 4) is 0 Å². The summed E-state index contributed by atoms with van der Waals surface area (Å²) in [6.07, 6.45) is 20.2. The summed E-state index contributed by atoms with van der Waals surface area (Å²) in [4.78, 5) is 17.8. The lowest BCUT2D eigenvalue weighted by Crippen LogP contribution is -2.60. The molecule has 0 amide bonds. The molecule has 0 spiro atoms. The van der Waals surface area contributed by atoms with Crippen LogP contribution in [-0.2, 0) is 9.53 Å². The number of fused-ring (bicyclic) bond motifs is 3. The third-order valence-corrected chi connectivity index (χ3v) is 9.19. The largest absolute Gasteiger partial charge is 0.469 e. The fourth-order valence-electron chi connectivity index (χ4n) is 7.66. The van der Waals surface area contributed by atoms with E-state index in [0.717, 1.165) is 24.7 Å². The Morgan fingerprint density at radius 1 is 0.818 bits per heavy atom. The standard InChI is InChI=1S/C29H44N2O2/c1-33-29(32)18-22-21-30(28-17-10-9-16-27(22)28)26-19-24-14-11-15-25(20-26)31(24)23-12-7-5-3-2-4-6-8-13-23/h9-10,16-17,22-26H,2-8,11-15,18-21H2,1H3. The molecule has 1 aliphatic carbocycles. The van der Waals surface area contributed by atoms with Crippen molar-refractivity contribution < 1.29 is 9.53 Å². The van der Waals surface area contributed by atoms with E-state index < -0.39 is 0 Å². The van der Waals surface area contributed by atoms with Crippen molar-refractivity contribution in [2.24, 2.45) is 0 Å². The number of carbonyl (C=O) groups is 1. The van der Waals surface area contributed by atoms with Crippen LogP contribution < -0.4 is 4.90 Å². The lowest BCUT2D eigenvalue weighted by Gasteiger charge is -2.54. The second-order valence-corrected chi connectivity index (χ2v) is 11.2. The van der Waals surface area contributed by atoms with Crippen molar-refractivity contribution in [1.82, 2.24) is 4.90 Å². The van der Waals surface area contributed by atoms with Crippen molar-refractivity contribution in [1.29, 1.82) is 0 Å². The quantitative estimate of drug-likeness (QED) is 0.493. The molecule has 4 nitrogen and oxygen atoms in total.